The number of aryl methyl sites for hydroxylation is 2. The smallest absolute Gasteiger partial charge is 0.243 e. The molecule has 1 heterocycles. The minimum atomic E-state index is -3.61. The third-order valence-electron chi connectivity index (χ3n) is 6.27. The molecule has 0 spiro atoms. The quantitative estimate of drug-likeness (QED) is 0.686. The molecule has 31 heavy (non-hydrogen) atoms. The zero-order chi connectivity index (χ0) is 22.9. The lowest BCUT2D eigenvalue weighted by molar-refractivity contribution is -0.137. The maximum Gasteiger partial charge on any atom is 0.243 e. The van der Waals surface area contributed by atoms with Gasteiger partial charge < -0.3 is 4.90 Å². The molecule has 0 saturated carbocycles. The van der Waals surface area contributed by atoms with Gasteiger partial charge in [0.25, 0.3) is 0 Å². The summed E-state index contributed by atoms with van der Waals surface area (Å²) in [6.07, 6.45) is 0.829. The summed E-state index contributed by atoms with van der Waals surface area (Å²) in [5.74, 6) is -2.32. The van der Waals surface area contributed by atoms with Gasteiger partial charge in [-0.3, -0.25) is 4.79 Å². The van der Waals surface area contributed by atoms with E-state index in [2.05, 4.69) is 0 Å². The van der Waals surface area contributed by atoms with Crippen molar-refractivity contribution in [1.29, 1.82) is 0 Å². The first-order chi connectivity index (χ1) is 14.5. The van der Waals surface area contributed by atoms with Crippen molar-refractivity contribution in [3.8, 4) is 0 Å². The van der Waals surface area contributed by atoms with Gasteiger partial charge in [0.1, 0.15) is 0 Å². The van der Waals surface area contributed by atoms with Crippen molar-refractivity contribution in [1.82, 2.24) is 9.21 Å². The minimum absolute atomic E-state index is 0.125. The zero-order valence-electron chi connectivity index (χ0n) is 18.2. The molecule has 5 nitrogen and oxygen atoms in total. The average molecular weight is 451 g/mol. The fraction of sp³-hybridized carbons (Fsp3) is 0.435. The first-order valence-electron chi connectivity index (χ1n) is 10.3. The van der Waals surface area contributed by atoms with Crippen molar-refractivity contribution in [2.45, 2.75) is 44.6 Å². The van der Waals surface area contributed by atoms with Gasteiger partial charge in [0.2, 0.25) is 15.9 Å². The first-order valence-corrected chi connectivity index (χ1v) is 11.8. The molecule has 0 aliphatic carbocycles. The second-order valence-corrected chi connectivity index (χ2v) is 10.2. The molecule has 3 rings (SSSR count). The fourth-order valence-corrected chi connectivity index (χ4v) is 5.40. The first kappa shape index (κ1) is 23.3. The van der Waals surface area contributed by atoms with Crippen LogP contribution in [0.1, 0.15) is 42.5 Å². The normalized spacial score (nSPS) is 16.8. The molecule has 0 bridgehead atoms. The molecule has 1 amide bonds. The van der Waals surface area contributed by atoms with E-state index in [9.17, 15) is 22.0 Å². The van der Waals surface area contributed by atoms with Gasteiger partial charge in [0.05, 0.1) is 10.9 Å². The summed E-state index contributed by atoms with van der Waals surface area (Å²) in [7, 11) is -1.98. The van der Waals surface area contributed by atoms with Crippen LogP contribution in [0.3, 0.4) is 0 Å². The van der Waals surface area contributed by atoms with E-state index in [1.165, 1.54) is 15.3 Å². The highest BCUT2D eigenvalue weighted by atomic mass is 32.2. The number of rotatable bonds is 5. The summed E-state index contributed by atoms with van der Waals surface area (Å²) in [6, 6.07) is 8.28. The predicted octanol–water partition coefficient (Wildman–Crippen LogP) is 4.20. The maximum absolute atomic E-state index is 13.6. The van der Waals surface area contributed by atoms with Crippen LogP contribution < -0.4 is 0 Å². The van der Waals surface area contributed by atoms with Crippen molar-refractivity contribution in [2.24, 2.45) is 5.92 Å². The molecule has 1 aliphatic rings. The Kier molecular flexibility index (Phi) is 6.81. The molecule has 1 saturated heterocycles. The largest absolute Gasteiger partial charge is 0.339 e. The van der Waals surface area contributed by atoms with Crippen LogP contribution in [-0.2, 0) is 14.8 Å². The second kappa shape index (κ2) is 9.04. The van der Waals surface area contributed by atoms with Gasteiger partial charge in [0.15, 0.2) is 11.6 Å². The Morgan fingerprint density at radius 2 is 1.68 bits per heavy atom. The molecule has 1 atom stereocenters. The molecular formula is C23H28F2N2O3S. The monoisotopic (exact) mass is 450 g/mol. The Balaban J connectivity index is 1.66. The summed E-state index contributed by atoms with van der Waals surface area (Å²) in [6.45, 7) is 6.09. The molecule has 1 aliphatic heterocycles. The standard InChI is InChI=1S/C23H28F2N2O3S/c1-15-5-7-20(13-16(15)2)31(29,30)27-11-9-18(10-12-27)23(28)26(4)17(3)19-6-8-21(24)22(25)14-19/h5-8,13-14,17-18H,9-12H2,1-4H3. The summed E-state index contributed by atoms with van der Waals surface area (Å²) in [4.78, 5) is 14.8. The lowest BCUT2D eigenvalue weighted by atomic mass is 9.95. The highest BCUT2D eigenvalue weighted by molar-refractivity contribution is 7.89. The van der Waals surface area contributed by atoms with Crippen LogP contribution in [0.2, 0.25) is 0 Å². The van der Waals surface area contributed by atoms with Crippen molar-refractivity contribution in [2.75, 3.05) is 20.1 Å². The molecule has 8 heteroatoms. The number of hydrogen-bond acceptors (Lipinski definition) is 3. The fourth-order valence-electron chi connectivity index (χ4n) is 3.84. The maximum atomic E-state index is 13.6. The Hall–Kier alpha value is -2.32. The van der Waals surface area contributed by atoms with Crippen LogP contribution in [-0.4, -0.2) is 43.7 Å². The van der Waals surface area contributed by atoms with Gasteiger partial charge in [-0.2, -0.15) is 4.31 Å². The molecule has 2 aromatic carbocycles. The number of carbonyl (C=O) groups excluding carboxylic acids is 1. The van der Waals surface area contributed by atoms with E-state index in [0.29, 0.717) is 18.4 Å². The number of halogens is 2. The number of hydrogen-bond donors (Lipinski definition) is 0. The summed E-state index contributed by atoms with van der Waals surface area (Å²) in [5.41, 5.74) is 2.45. The molecule has 0 aromatic heterocycles. The highest BCUT2D eigenvalue weighted by Gasteiger charge is 2.34. The van der Waals surface area contributed by atoms with Gasteiger partial charge in [-0.15, -0.1) is 0 Å². The van der Waals surface area contributed by atoms with E-state index in [4.69, 9.17) is 0 Å². The SMILES string of the molecule is Cc1ccc(S(=O)(=O)N2CCC(C(=O)N(C)C(C)c3ccc(F)c(F)c3)CC2)cc1C. The van der Waals surface area contributed by atoms with Crippen LogP contribution in [0, 0.1) is 31.4 Å². The summed E-state index contributed by atoms with van der Waals surface area (Å²) >= 11 is 0. The topological polar surface area (TPSA) is 57.7 Å². The van der Waals surface area contributed by atoms with Crippen molar-refractivity contribution >= 4 is 15.9 Å². The minimum Gasteiger partial charge on any atom is -0.339 e. The zero-order valence-corrected chi connectivity index (χ0v) is 19.0. The molecule has 2 aromatic rings. The van der Waals surface area contributed by atoms with E-state index in [0.717, 1.165) is 23.3 Å². The van der Waals surface area contributed by atoms with Gasteiger partial charge in [0, 0.05) is 26.1 Å². The van der Waals surface area contributed by atoms with Crippen LogP contribution in [0.15, 0.2) is 41.3 Å². The number of nitrogens with zero attached hydrogens (tertiary/aromatic N) is 2. The molecule has 0 radical (unpaired) electrons. The van der Waals surface area contributed by atoms with E-state index in [1.54, 1.807) is 32.2 Å². The van der Waals surface area contributed by atoms with Crippen LogP contribution in [0.5, 0.6) is 0 Å². The van der Waals surface area contributed by atoms with Gasteiger partial charge in [-0.25, -0.2) is 17.2 Å². The predicted molar refractivity (Wildman–Crippen MR) is 115 cm³/mol. The lowest BCUT2D eigenvalue weighted by Crippen LogP contribution is -2.44. The van der Waals surface area contributed by atoms with E-state index < -0.39 is 27.7 Å². The number of piperidine rings is 1. The molecule has 168 valence electrons. The third-order valence-corrected chi connectivity index (χ3v) is 8.17. The summed E-state index contributed by atoms with van der Waals surface area (Å²) in [5, 5.41) is 0. The van der Waals surface area contributed by atoms with E-state index in [-0.39, 0.29) is 29.8 Å². The van der Waals surface area contributed by atoms with Crippen LogP contribution in [0.4, 0.5) is 8.78 Å². The van der Waals surface area contributed by atoms with Gasteiger partial charge in [-0.05, 0) is 74.6 Å². The number of amides is 1. The molecule has 1 unspecified atom stereocenters. The Labute approximate surface area is 182 Å². The molecular weight excluding hydrogens is 422 g/mol. The number of sulfonamides is 1. The van der Waals surface area contributed by atoms with Crippen molar-refractivity contribution in [3.63, 3.8) is 0 Å². The van der Waals surface area contributed by atoms with Gasteiger partial charge >= 0.3 is 0 Å². The molecule has 0 N–H and O–H groups in total. The van der Waals surface area contributed by atoms with Crippen molar-refractivity contribution < 1.29 is 22.0 Å². The van der Waals surface area contributed by atoms with E-state index in [1.807, 2.05) is 13.8 Å². The van der Waals surface area contributed by atoms with Crippen molar-refractivity contribution in [3.05, 3.63) is 64.7 Å². The lowest BCUT2D eigenvalue weighted by Gasteiger charge is -2.34. The highest BCUT2D eigenvalue weighted by Crippen LogP contribution is 2.29. The third kappa shape index (κ3) is 4.80. The number of benzene rings is 2. The molecule has 1 fully saturated rings. The Morgan fingerprint density at radius 1 is 1.03 bits per heavy atom. The van der Waals surface area contributed by atoms with Gasteiger partial charge in [-0.1, -0.05) is 12.1 Å². The average Bonchev–Trinajstić information content (AvgIpc) is 2.76. The number of carbonyl (C=O) groups is 1. The summed E-state index contributed by atoms with van der Waals surface area (Å²) < 4.78 is 54.1. The Bertz CT molecular complexity index is 1080. The second-order valence-electron chi connectivity index (χ2n) is 8.22. The van der Waals surface area contributed by atoms with Crippen LogP contribution in [0.25, 0.3) is 0 Å². The van der Waals surface area contributed by atoms with Crippen LogP contribution >= 0.6 is 0 Å². The van der Waals surface area contributed by atoms with E-state index >= 15 is 0 Å². The Morgan fingerprint density at radius 3 is 2.26 bits per heavy atom.